The third kappa shape index (κ3) is 3.01. The summed E-state index contributed by atoms with van der Waals surface area (Å²) < 4.78 is 6.46. The Hall–Kier alpha value is -0.610. The van der Waals surface area contributed by atoms with E-state index in [9.17, 15) is 0 Å². The maximum absolute atomic E-state index is 8.94. The van der Waals surface area contributed by atoms with Crippen molar-refractivity contribution in [3.8, 4) is 0 Å². The number of hydrogen-bond donors (Lipinski definition) is 1. The van der Waals surface area contributed by atoms with Crippen molar-refractivity contribution in [3.05, 3.63) is 0 Å². The van der Waals surface area contributed by atoms with E-state index in [1.807, 2.05) is 0 Å². The first-order chi connectivity index (χ1) is 9.71. The van der Waals surface area contributed by atoms with Gasteiger partial charge in [0.2, 0.25) is 0 Å². The van der Waals surface area contributed by atoms with E-state index in [2.05, 4.69) is 17.0 Å². The van der Waals surface area contributed by atoms with Gasteiger partial charge >= 0.3 is 0 Å². The number of likely N-dealkylation sites (tertiary alicyclic amines) is 1. The van der Waals surface area contributed by atoms with Crippen LogP contribution in [-0.4, -0.2) is 47.2 Å². The molecule has 0 bridgehead atoms. The highest BCUT2D eigenvalue weighted by Crippen LogP contribution is 2.42. The Kier molecular flexibility index (Phi) is 4.32. The smallest absolute Gasteiger partial charge is 0.0710 e. The highest BCUT2D eigenvalue weighted by atomic mass is 16.5. The number of ether oxygens (including phenoxy) is 1. The molecule has 0 radical (unpaired) electrons. The molecule has 2 aliphatic heterocycles. The van der Waals surface area contributed by atoms with Crippen molar-refractivity contribution in [2.75, 3.05) is 19.6 Å². The Bertz CT molecular complexity index is 363. The standard InChI is InChI=1S/C16H28N2O2/c1-13-11-18(10-6-15(13)17-19)12-14-5-9-16(20-14)7-3-2-4-8-16/h13-14,19H,2-12H2,1H3. The molecular formula is C16H28N2O2. The first-order valence-corrected chi connectivity index (χ1v) is 8.32. The van der Waals surface area contributed by atoms with Crippen molar-refractivity contribution < 1.29 is 9.94 Å². The van der Waals surface area contributed by atoms with Crippen molar-refractivity contribution in [1.82, 2.24) is 4.90 Å². The molecule has 0 aromatic rings. The monoisotopic (exact) mass is 280 g/mol. The maximum Gasteiger partial charge on any atom is 0.0710 e. The molecule has 3 fully saturated rings. The third-order valence-electron chi connectivity index (χ3n) is 5.48. The minimum Gasteiger partial charge on any atom is -0.411 e. The Morgan fingerprint density at radius 1 is 1.30 bits per heavy atom. The Morgan fingerprint density at radius 3 is 2.80 bits per heavy atom. The maximum atomic E-state index is 8.94. The minimum absolute atomic E-state index is 0.238. The topological polar surface area (TPSA) is 45.1 Å². The van der Waals surface area contributed by atoms with E-state index in [0.717, 1.165) is 31.8 Å². The van der Waals surface area contributed by atoms with Crippen LogP contribution in [0.5, 0.6) is 0 Å². The zero-order valence-electron chi connectivity index (χ0n) is 12.7. The normalized spacial score (nSPS) is 36.8. The predicted molar refractivity (Wildman–Crippen MR) is 79.4 cm³/mol. The summed E-state index contributed by atoms with van der Waals surface area (Å²) in [5.41, 5.74) is 1.19. The molecule has 2 atom stereocenters. The molecule has 114 valence electrons. The molecule has 1 aliphatic carbocycles. The first kappa shape index (κ1) is 14.3. The highest BCUT2D eigenvalue weighted by Gasteiger charge is 2.41. The van der Waals surface area contributed by atoms with Crippen molar-refractivity contribution in [2.24, 2.45) is 11.1 Å². The number of nitrogens with zero attached hydrogens (tertiary/aromatic N) is 2. The molecule has 0 aromatic carbocycles. The van der Waals surface area contributed by atoms with E-state index in [1.54, 1.807) is 0 Å². The van der Waals surface area contributed by atoms with E-state index in [-0.39, 0.29) is 5.60 Å². The fraction of sp³-hybridized carbons (Fsp3) is 0.938. The van der Waals surface area contributed by atoms with Gasteiger partial charge in [-0.05, 0) is 25.7 Å². The summed E-state index contributed by atoms with van der Waals surface area (Å²) in [7, 11) is 0. The lowest BCUT2D eigenvalue weighted by atomic mass is 9.83. The second-order valence-corrected chi connectivity index (χ2v) is 7.02. The Labute approximate surface area is 122 Å². The van der Waals surface area contributed by atoms with E-state index in [4.69, 9.17) is 9.94 Å². The van der Waals surface area contributed by atoms with Gasteiger partial charge in [0, 0.05) is 32.0 Å². The molecule has 0 aromatic heterocycles. The summed E-state index contributed by atoms with van der Waals surface area (Å²) in [6, 6.07) is 0. The van der Waals surface area contributed by atoms with Gasteiger partial charge < -0.3 is 9.94 Å². The van der Waals surface area contributed by atoms with Crippen LogP contribution >= 0.6 is 0 Å². The molecule has 2 saturated heterocycles. The van der Waals surface area contributed by atoms with Crippen LogP contribution in [0.15, 0.2) is 5.16 Å². The molecule has 1 N–H and O–H groups in total. The van der Waals surface area contributed by atoms with Gasteiger partial charge in [-0.15, -0.1) is 0 Å². The molecule has 1 saturated carbocycles. The molecule has 3 rings (SSSR count). The molecule has 1 spiro atoms. The zero-order valence-corrected chi connectivity index (χ0v) is 12.7. The molecule has 4 nitrogen and oxygen atoms in total. The lowest BCUT2D eigenvalue weighted by molar-refractivity contribution is -0.0724. The fourth-order valence-corrected chi connectivity index (χ4v) is 4.29. The average Bonchev–Trinajstić information content (AvgIpc) is 2.82. The number of oxime groups is 1. The zero-order chi connectivity index (χ0) is 14.0. The first-order valence-electron chi connectivity index (χ1n) is 8.32. The predicted octanol–water partition coefficient (Wildman–Crippen LogP) is 3.04. The number of piperidine rings is 1. The van der Waals surface area contributed by atoms with Gasteiger partial charge in [-0.2, -0.15) is 0 Å². The summed E-state index contributed by atoms with van der Waals surface area (Å²) in [4.78, 5) is 2.49. The molecular weight excluding hydrogens is 252 g/mol. The quantitative estimate of drug-likeness (QED) is 0.624. The molecule has 20 heavy (non-hydrogen) atoms. The number of hydrogen-bond acceptors (Lipinski definition) is 4. The molecule has 4 heteroatoms. The van der Waals surface area contributed by atoms with Crippen LogP contribution < -0.4 is 0 Å². The van der Waals surface area contributed by atoms with Crippen LogP contribution in [0.25, 0.3) is 0 Å². The number of rotatable bonds is 2. The summed E-state index contributed by atoms with van der Waals surface area (Å²) >= 11 is 0. The lowest BCUT2D eigenvalue weighted by Crippen LogP contribution is -2.44. The van der Waals surface area contributed by atoms with E-state index in [0.29, 0.717) is 12.0 Å². The summed E-state index contributed by atoms with van der Waals surface area (Å²) in [5, 5.41) is 12.4. The van der Waals surface area contributed by atoms with Gasteiger partial charge in [0.1, 0.15) is 0 Å². The molecule has 0 amide bonds. The SMILES string of the molecule is CC1CN(CC2CCC3(CCCCC3)O2)CCC1=NO. The van der Waals surface area contributed by atoms with Gasteiger partial charge in [-0.25, -0.2) is 0 Å². The molecule has 2 unspecified atom stereocenters. The largest absolute Gasteiger partial charge is 0.411 e. The van der Waals surface area contributed by atoms with Crippen molar-refractivity contribution >= 4 is 5.71 Å². The Balaban J connectivity index is 1.50. The van der Waals surface area contributed by atoms with E-state index >= 15 is 0 Å². The van der Waals surface area contributed by atoms with Crippen LogP contribution in [0.3, 0.4) is 0 Å². The second-order valence-electron chi connectivity index (χ2n) is 7.02. The highest BCUT2D eigenvalue weighted by molar-refractivity contribution is 5.86. The van der Waals surface area contributed by atoms with Crippen LogP contribution in [0.2, 0.25) is 0 Å². The van der Waals surface area contributed by atoms with E-state index in [1.165, 1.54) is 44.9 Å². The van der Waals surface area contributed by atoms with Crippen molar-refractivity contribution in [3.63, 3.8) is 0 Å². The van der Waals surface area contributed by atoms with Crippen molar-refractivity contribution in [2.45, 2.75) is 70.0 Å². The van der Waals surface area contributed by atoms with Crippen LogP contribution in [0.4, 0.5) is 0 Å². The van der Waals surface area contributed by atoms with Crippen LogP contribution in [0, 0.1) is 5.92 Å². The Morgan fingerprint density at radius 2 is 2.10 bits per heavy atom. The van der Waals surface area contributed by atoms with E-state index < -0.39 is 0 Å². The van der Waals surface area contributed by atoms with Gasteiger partial charge in [0.05, 0.1) is 17.4 Å². The summed E-state index contributed by atoms with van der Waals surface area (Å²) in [5.74, 6) is 0.374. The van der Waals surface area contributed by atoms with Crippen LogP contribution in [0.1, 0.15) is 58.3 Å². The summed E-state index contributed by atoms with van der Waals surface area (Å²) in [6.45, 7) is 5.23. The van der Waals surface area contributed by atoms with Crippen LogP contribution in [-0.2, 0) is 4.74 Å². The summed E-state index contributed by atoms with van der Waals surface area (Å²) in [6.07, 6.45) is 10.5. The van der Waals surface area contributed by atoms with Gasteiger partial charge in [0.15, 0.2) is 0 Å². The van der Waals surface area contributed by atoms with Gasteiger partial charge in [-0.1, -0.05) is 31.3 Å². The third-order valence-corrected chi connectivity index (χ3v) is 5.48. The fourth-order valence-electron chi connectivity index (χ4n) is 4.29. The molecule has 3 aliphatic rings. The average molecular weight is 280 g/mol. The van der Waals surface area contributed by atoms with Gasteiger partial charge in [-0.3, -0.25) is 4.90 Å². The van der Waals surface area contributed by atoms with Crippen molar-refractivity contribution in [1.29, 1.82) is 0 Å². The lowest BCUT2D eigenvalue weighted by Gasteiger charge is -2.36. The minimum atomic E-state index is 0.238. The van der Waals surface area contributed by atoms with Gasteiger partial charge in [0.25, 0.3) is 0 Å². The molecule has 2 heterocycles. The second kappa shape index (κ2) is 6.02.